The van der Waals surface area contributed by atoms with Crippen LogP contribution in [0.1, 0.15) is 38.2 Å². The predicted octanol–water partition coefficient (Wildman–Crippen LogP) is 2.61. The molecule has 1 heterocycles. The number of nitrogens with one attached hydrogen (secondary N) is 1. The van der Waals surface area contributed by atoms with Gasteiger partial charge in [0, 0.05) is 25.6 Å². The Balaban J connectivity index is 1.79. The molecule has 1 aliphatic rings. The quantitative estimate of drug-likeness (QED) is 0.865. The summed E-state index contributed by atoms with van der Waals surface area (Å²) in [5.41, 5.74) is 1.24. The molecular formula is C17H26N2O. The van der Waals surface area contributed by atoms with Crippen molar-refractivity contribution < 1.29 is 4.79 Å². The number of hydrogen-bond acceptors (Lipinski definition) is 2. The zero-order valence-electron chi connectivity index (χ0n) is 12.5. The van der Waals surface area contributed by atoms with Gasteiger partial charge in [-0.05, 0) is 38.3 Å². The Bertz CT molecular complexity index is 399. The van der Waals surface area contributed by atoms with Crippen molar-refractivity contribution in [2.24, 2.45) is 0 Å². The Morgan fingerprint density at radius 2 is 2.10 bits per heavy atom. The van der Waals surface area contributed by atoms with E-state index in [4.69, 9.17) is 0 Å². The summed E-state index contributed by atoms with van der Waals surface area (Å²) in [5, 5.41) is 3.52. The Kier molecular flexibility index (Phi) is 6.06. The molecule has 0 saturated carbocycles. The van der Waals surface area contributed by atoms with Gasteiger partial charge >= 0.3 is 0 Å². The monoisotopic (exact) mass is 274 g/mol. The summed E-state index contributed by atoms with van der Waals surface area (Å²) in [6, 6.07) is 10.7. The lowest BCUT2D eigenvalue weighted by molar-refractivity contribution is -0.131. The molecule has 1 atom stereocenters. The molecule has 1 fully saturated rings. The maximum Gasteiger partial charge on any atom is 0.222 e. The predicted molar refractivity (Wildman–Crippen MR) is 82.7 cm³/mol. The maximum absolute atomic E-state index is 12.3. The lowest BCUT2D eigenvalue weighted by atomic mass is 10.0. The molecular weight excluding hydrogens is 248 g/mol. The van der Waals surface area contributed by atoms with Crippen molar-refractivity contribution >= 4 is 5.91 Å². The van der Waals surface area contributed by atoms with Crippen molar-refractivity contribution in [3.8, 4) is 0 Å². The van der Waals surface area contributed by atoms with E-state index in [2.05, 4.69) is 24.4 Å². The fourth-order valence-corrected chi connectivity index (χ4v) is 2.81. The fourth-order valence-electron chi connectivity index (χ4n) is 2.81. The third-order valence-corrected chi connectivity index (χ3v) is 4.06. The largest absolute Gasteiger partial charge is 0.341 e. The van der Waals surface area contributed by atoms with Crippen LogP contribution in [0.5, 0.6) is 0 Å². The molecule has 1 amide bonds. The first-order chi connectivity index (χ1) is 9.79. The van der Waals surface area contributed by atoms with Crippen molar-refractivity contribution in [1.29, 1.82) is 0 Å². The number of hydrogen-bond donors (Lipinski definition) is 1. The second-order valence-electron chi connectivity index (χ2n) is 5.56. The molecule has 0 radical (unpaired) electrons. The number of carbonyl (C=O) groups excluding carboxylic acids is 1. The first-order valence-electron chi connectivity index (χ1n) is 7.84. The second kappa shape index (κ2) is 8.05. The molecule has 0 bridgehead atoms. The highest BCUT2D eigenvalue weighted by molar-refractivity contribution is 5.76. The average molecular weight is 274 g/mol. The number of piperidine rings is 1. The van der Waals surface area contributed by atoms with Gasteiger partial charge in [0.2, 0.25) is 5.91 Å². The van der Waals surface area contributed by atoms with E-state index in [1.165, 1.54) is 24.8 Å². The highest BCUT2D eigenvalue weighted by Gasteiger charge is 2.19. The number of benzene rings is 1. The van der Waals surface area contributed by atoms with Crippen molar-refractivity contribution in [1.82, 2.24) is 10.2 Å². The lowest BCUT2D eigenvalue weighted by Crippen LogP contribution is -2.45. The number of amides is 1. The van der Waals surface area contributed by atoms with Gasteiger partial charge in [-0.1, -0.05) is 36.8 Å². The van der Waals surface area contributed by atoms with Gasteiger partial charge in [-0.15, -0.1) is 0 Å². The van der Waals surface area contributed by atoms with E-state index in [1.807, 2.05) is 23.1 Å². The summed E-state index contributed by atoms with van der Waals surface area (Å²) in [6.07, 6.45) is 5.21. The SMILES string of the molecule is CCN(CC1CCCCN1)C(=O)CCc1ccccc1. The number of likely N-dealkylation sites (N-methyl/N-ethyl adjacent to an activating group) is 1. The first kappa shape index (κ1) is 15.0. The molecule has 0 aliphatic carbocycles. The van der Waals surface area contributed by atoms with Gasteiger partial charge in [-0.2, -0.15) is 0 Å². The molecule has 0 aromatic heterocycles. The van der Waals surface area contributed by atoms with Gasteiger partial charge in [0.05, 0.1) is 0 Å². The highest BCUT2D eigenvalue weighted by Crippen LogP contribution is 2.10. The van der Waals surface area contributed by atoms with Gasteiger partial charge in [-0.3, -0.25) is 4.79 Å². The zero-order chi connectivity index (χ0) is 14.2. The van der Waals surface area contributed by atoms with Crippen LogP contribution in [0.4, 0.5) is 0 Å². The minimum absolute atomic E-state index is 0.281. The summed E-state index contributed by atoms with van der Waals surface area (Å²) in [5.74, 6) is 0.281. The van der Waals surface area contributed by atoms with Crippen molar-refractivity contribution in [2.45, 2.75) is 45.1 Å². The molecule has 20 heavy (non-hydrogen) atoms. The Morgan fingerprint density at radius 1 is 1.30 bits per heavy atom. The number of nitrogens with zero attached hydrogens (tertiary/aromatic N) is 1. The van der Waals surface area contributed by atoms with E-state index < -0.39 is 0 Å². The van der Waals surface area contributed by atoms with Crippen molar-refractivity contribution in [3.63, 3.8) is 0 Å². The van der Waals surface area contributed by atoms with Crippen LogP contribution in [-0.4, -0.2) is 36.5 Å². The topological polar surface area (TPSA) is 32.3 Å². The van der Waals surface area contributed by atoms with Crippen LogP contribution in [0.2, 0.25) is 0 Å². The summed E-state index contributed by atoms with van der Waals surface area (Å²) in [6.45, 7) is 4.85. The molecule has 3 heteroatoms. The maximum atomic E-state index is 12.3. The third-order valence-electron chi connectivity index (χ3n) is 4.06. The molecule has 1 unspecified atom stereocenters. The average Bonchev–Trinajstić information content (AvgIpc) is 2.52. The molecule has 1 aromatic rings. The zero-order valence-corrected chi connectivity index (χ0v) is 12.5. The molecule has 1 aromatic carbocycles. The van der Waals surface area contributed by atoms with Gasteiger partial charge in [0.1, 0.15) is 0 Å². The normalized spacial score (nSPS) is 18.8. The first-order valence-corrected chi connectivity index (χ1v) is 7.84. The molecule has 3 nitrogen and oxygen atoms in total. The molecule has 2 rings (SSSR count). The van der Waals surface area contributed by atoms with Crippen LogP contribution in [0.15, 0.2) is 30.3 Å². The summed E-state index contributed by atoms with van der Waals surface area (Å²) in [7, 11) is 0. The van der Waals surface area contributed by atoms with E-state index in [0.29, 0.717) is 12.5 Å². The van der Waals surface area contributed by atoms with E-state index in [0.717, 1.165) is 26.1 Å². The van der Waals surface area contributed by atoms with Crippen LogP contribution in [0.25, 0.3) is 0 Å². The minimum atomic E-state index is 0.281. The summed E-state index contributed by atoms with van der Waals surface area (Å²) < 4.78 is 0. The summed E-state index contributed by atoms with van der Waals surface area (Å²) >= 11 is 0. The third kappa shape index (κ3) is 4.64. The van der Waals surface area contributed by atoms with Crippen LogP contribution in [-0.2, 0) is 11.2 Å². The van der Waals surface area contributed by atoms with Crippen LogP contribution >= 0.6 is 0 Å². The molecule has 110 valence electrons. The number of carbonyl (C=O) groups is 1. The van der Waals surface area contributed by atoms with Gasteiger partial charge in [0.15, 0.2) is 0 Å². The smallest absolute Gasteiger partial charge is 0.222 e. The number of rotatable bonds is 6. The summed E-state index contributed by atoms with van der Waals surface area (Å²) in [4.78, 5) is 14.3. The Hall–Kier alpha value is -1.35. The van der Waals surface area contributed by atoms with Crippen LogP contribution in [0, 0.1) is 0 Å². The molecule has 1 aliphatic heterocycles. The lowest BCUT2D eigenvalue weighted by Gasteiger charge is -2.30. The van der Waals surface area contributed by atoms with Crippen molar-refractivity contribution in [3.05, 3.63) is 35.9 Å². The van der Waals surface area contributed by atoms with E-state index in [1.54, 1.807) is 0 Å². The Morgan fingerprint density at radius 3 is 2.75 bits per heavy atom. The van der Waals surface area contributed by atoms with Crippen molar-refractivity contribution in [2.75, 3.05) is 19.6 Å². The van der Waals surface area contributed by atoms with Gasteiger partial charge in [-0.25, -0.2) is 0 Å². The fraction of sp³-hybridized carbons (Fsp3) is 0.588. The molecule has 1 N–H and O–H groups in total. The van der Waals surface area contributed by atoms with Crippen LogP contribution < -0.4 is 5.32 Å². The van der Waals surface area contributed by atoms with Gasteiger partial charge < -0.3 is 10.2 Å². The standard InChI is InChI=1S/C17H26N2O/c1-2-19(14-16-10-6-7-13-18-16)17(20)12-11-15-8-4-3-5-9-15/h3-5,8-9,16,18H,2,6-7,10-14H2,1H3. The Labute approximate surface area is 122 Å². The number of aryl methyl sites for hydroxylation is 1. The minimum Gasteiger partial charge on any atom is -0.341 e. The van der Waals surface area contributed by atoms with Gasteiger partial charge in [0.25, 0.3) is 0 Å². The van der Waals surface area contributed by atoms with E-state index in [-0.39, 0.29) is 5.91 Å². The molecule has 0 spiro atoms. The van der Waals surface area contributed by atoms with E-state index in [9.17, 15) is 4.79 Å². The highest BCUT2D eigenvalue weighted by atomic mass is 16.2. The van der Waals surface area contributed by atoms with Crippen LogP contribution in [0.3, 0.4) is 0 Å². The molecule has 1 saturated heterocycles. The van der Waals surface area contributed by atoms with E-state index >= 15 is 0 Å². The second-order valence-corrected chi connectivity index (χ2v) is 5.56.